The van der Waals surface area contributed by atoms with Crippen molar-refractivity contribution in [2.45, 2.75) is 18.8 Å². The quantitative estimate of drug-likeness (QED) is 0.802. The van der Waals surface area contributed by atoms with E-state index in [0.717, 1.165) is 11.8 Å². The molecule has 1 atom stereocenters. The van der Waals surface area contributed by atoms with Gasteiger partial charge in [0.2, 0.25) is 0 Å². The number of sulfone groups is 1. The average molecular weight is 285 g/mol. The first-order chi connectivity index (χ1) is 8.73. The molecule has 6 heteroatoms. The fraction of sp³-hybridized carbons (Fsp3) is 0.462. The fourth-order valence-electron chi connectivity index (χ4n) is 2.13. The normalized spacial score (nSPS) is 14.9. The third-order valence-electron chi connectivity index (χ3n) is 3.32. The van der Waals surface area contributed by atoms with Crippen molar-refractivity contribution in [3.8, 4) is 0 Å². The van der Waals surface area contributed by atoms with Gasteiger partial charge in [-0.2, -0.15) is 0 Å². The first-order valence-corrected chi connectivity index (χ1v) is 7.96. The van der Waals surface area contributed by atoms with E-state index in [2.05, 4.69) is 0 Å². The van der Waals surface area contributed by atoms with Crippen molar-refractivity contribution in [1.82, 2.24) is 0 Å². The number of hydrogen-bond donors (Lipinski definition) is 2. The van der Waals surface area contributed by atoms with Crippen LogP contribution in [0, 0.1) is 6.92 Å². The van der Waals surface area contributed by atoms with Crippen LogP contribution in [0.4, 0.5) is 0 Å². The second-order valence-electron chi connectivity index (χ2n) is 4.79. The maximum Gasteiger partial charge on any atom is 0.315 e. The number of nitrogens with two attached hydrogens (primary N) is 1. The maximum atomic E-state index is 11.6. The van der Waals surface area contributed by atoms with Gasteiger partial charge in [0, 0.05) is 12.8 Å². The van der Waals surface area contributed by atoms with Crippen molar-refractivity contribution in [1.29, 1.82) is 0 Å². The number of rotatable bonds is 6. The molecule has 1 aromatic carbocycles. The molecule has 0 saturated carbocycles. The molecule has 0 amide bonds. The molecule has 1 unspecified atom stereocenters. The Balaban J connectivity index is 3.28. The molecule has 1 aromatic rings. The van der Waals surface area contributed by atoms with Crippen molar-refractivity contribution < 1.29 is 18.3 Å². The summed E-state index contributed by atoms with van der Waals surface area (Å²) in [5, 5.41) is 9.52. The van der Waals surface area contributed by atoms with E-state index in [1.165, 1.54) is 0 Å². The molecule has 0 spiro atoms. The van der Waals surface area contributed by atoms with Gasteiger partial charge in [0.1, 0.15) is 15.3 Å². The van der Waals surface area contributed by atoms with Crippen LogP contribution in [0.1, 0.15) is 17.5 Å². The summed E-state index contributed by atoms with van der Waals surface area (Å²) in [5.41, 5.74) is 5.68. The summed E-state index contributed by atoms with van der Waals surface area (Å²) in [5.74, 6) is -1.29. The lowest BCUT2D eigenvalue weighted by Crippen LogP contribution is -2.44. The highest BCUT2D eigenvalue weighted by Crippen LogP contribution is 2.30. The maximum absolute atomic E-state index is 11.6. The van der Waals surface area contributed by atoms with Gasteiger partial charge in [-0.3, -0.25) is 4.79 Å². The molecule has 0 aliphatic rings. The molecule has 0 bridgehead atoms. The van der Waals surface area contributed by atoms with Crippen LogP contribution in [0.3, 0.4) is 0 Å². The molecule has 0 aliphatic heterocycles. The molecule has 0 aromatic heterocycles. The van der Waals surface area contributed by atoms with Crippen LogP contribution < -0.4 is 5.73 Å². The fourth-order valence-corrected chi connectivity index (χ4v) is 2.84. The first-order valence-electron chi connectivity index (χ1n) is 5.90. The number of aryl methyl sites for hydroxylation is 1. The van der Waals surface area contributed by atoms with Crippen molar-refractivity contribution >= 4 is 15.8 Å². The van der Waals surface area contributed by atoms with Crippen molar-refractivity contribution in [2.24, 2.45) is 5.73 Å². The summed E-state index contributed by atoms with van der Waals surface area (Å²) in [6.07, 6.45) is 1.07. The van der Waals surface area contributed by atoms with Crippen molar-refractivity contribution in [3.05, 3.63) is 35.4 Å². The Hall–Kier alpha value is -1.40. The SMILES string of the molecule is Cc1ccccc1C(CN)(CCS(C)(=O)=O)C(=O)O. The second-order valence-corrected chi connectivity index (χ2v) is 7.05. The summed E-state index contributed by atoms with van der Waals surface area (Å²) >= 11 is 0. The molecule has 5 nitrogen and oxygen atoms in total. The van der Waals surface area contributed by atoms with E-state index in [0.29, 0.717) is 5.56 Å². The highest BCUT2D eigenvalue weighted by Gasteiger charge is 2.40. The Bertz CT molecular complexity index is 568. The zero-order chi connectivity index (χ0) is 14.7. The summed E-state index contributed by atoms with van der Waals surface area (Å²) in [6.45, 7) is 1.66. The summed E-state index contributed by atoms with van der Waals surface area (Å²) in [4.78, 5) is 11.6. The van der Waals surface area contributed by atoms with Gasteiger partial charge in [0.15, 0.2) is 0 Å². The number of carboxylic acid groups (broad SMARTS) is 1. The van der Waals surface area contributed by atoms with Gasteiger partial charge >= 0.3 is 5.97 Å². The van der Waals surface area contributed by atoms with Crippen LogP contribution in [0.2, 0.25) is 0 Å². The molecule has 0 saturated heterocycles. The Morgan fingerprint density at radius 1 is 1.37 bits per heavy atom. The van der Waals surface area contributed by atoms with Gasteiger partial charge in [-0.25, -0.2) is 8.42 Å². The zero-order valence-electron chi connectivity index (χ0n) is 11.1. The third-order valence-corrected chi connectivity index (χ3v) is 4.26. The van der Waals surface area contributed by atoms with Crippen molar-refractivity contribution in [3.63, 3.8) is 0 Å². The number of aliphatic carboxylic acids is 1. The Morgan fingerprint density at radius 3 is 2.37 bits per heavy atom. The zero-order valence-corrected chi connectivity index (χ0v) is 11.9. The second kappa shape index (κ2) is 5.71. The topological polar surface area (TPSA) is 97.5 Å². The van der Waals surface area contributed by atoms with Gasteiger partial charge in [-0.15, -0.1) is 0 Å². The molecular weight excluding hydrogens is 266 g/mol. The molecule has 0 radical (unpaired) electrons. The molecule has 0 heterocycles. The molecule has 3 N–H and O–H groups in total. The monoisotopic (exact) mass is 285 g/mol. The van der Waals surface area contributed by atoms with Crippen LogP contribution >= 0.6 is 0 Å². The van der Waals surface area contributed by atoms with Gasteiger partial charge in [0.25, 0.3) is 0 Å². The van der Waals surface area contributed by atoms with E-state index < -0.39 is 21.2 Å². The lowest BCUT2D eigenvalue weighted by atomic mass is 9.76. The number of carboxylic acids is 1. The van der Waals surface area contributed by atoms with E-state index in [1.54, 1.807) is 31.2 Å². The van der Waals surface area contributed by atoms with Gasteiger partial charge in [-0.05, 0) is 24.5 Å². The van der Waals surface area contributed by atoms with Crippen LogP contribution in [0.25, 0.3) is 0 Å². The Kier molecular flexibility index (Phi) is 4.70. The number of carbonyl (C=O) groups is 1. The highest BCUT2D eigenvalue weighted by atomic mass is 32.2. The standard InChI is InChI=1S/C13H19NO4S/c1-10-5-3-4-6-11(10)13(9-14,12(15)16)7-8-19(2,17)18/h3-6H,7-9,14H2,1-2H3,(H,15,16). The lowest BCUT2D eigenvalue weighted by molar-refractivity contribution is -0.143. The average Bonchev–Trinajstić information content (AvgIpc) is 2.30. The smallest absolute Gasteiger partial charge is 0.315 e. The summed E-state index contributed by atoms with van der Waals surface area (Å²) in [6, 6.07) is 7.02. The van der Waals surface area contributed by atoms with Crippen LogP contribution in [-0.4, -0.2) is 38.0 Å². The Labute approximate surface area is 113 Å². The number of benzene rings is 1. The highest BCUT2D eigenvalue weighted by molar-refractivity contribution is 7.90. The van der Waals surface area contributed by atoms with E-state index in [-0.39, 0.29) is 18.7 Å². The van der Waals surface area contributed by atoms with Crippen LogP contribution in [-0.2, 0) is 20.0 Å². The first kappa shape index (κ1) is 15.7. The lowest BCUT2D eigenvalue weighted by Gasteiger charge is -2.29. The molecule has 1 rings (SSSR count). The summed E-state index contributed by atoms with van der Waals surface area (Å²) < 4.78 is 22.6. The van der Waals surface area contributed by atoms with E-state index in [9.17, 15) is 18.3 Å². The van der Waals surface area contributed by atoms with Gasteiger partial charge in [-0.1, -0.05) is 24.3 Å². The molecule has 0 fully saturated rings. The molecule has 0 aliphatic carbocycles. The predicted molar refractivity (Wildman–Crippen MR) is 73.9 cm³/mol. The van der Waals surface area contributed by atoms with E-state index in [1.807, 2.05) is 0 Å². The minimum Gasteiger partial charge on any atom is -0.481 e. The van der Waals surface area contributed by atoms with Crippen LogP contribution in [0.15, 0.2) is 24.3 Å². The van der Waals surface area contributed by atoms with E-state index in [4.69, 9.17) is 5.73 Å². The largest absolute Gasteiger partial charge is 0.481 e. The molecular formula is C13H19NO4S. The number of hydrogen-bond acceptors (Lipinski definition) is 4. The predicted octanol–water partition coefficient (Wildman–Crippen LogP) is 0.711. The Morgan fingerprint density at radius 2 is 1.95 bits per heavy atom. The minimum atomic E-state index is -3.24. The van der Waals surface area contributed by atoms with Crippen molar-refractivity contribution in [2.75, 3.05) is 18.6 Å². The van der Waals surface area contributed by atoms with Crippen LogP contribution in [0.5, 0.6) is 0 Å². The minimum absolute atomic E-state index is 0.0253. The van der Waals surface area contributed by atoms with Gasteiger partial charge < -0.3 is 10.8 Å². The van der Waals surface area contributed by atoms with Gasteiger partial charge in [0.05, 0.1) is 5.75 Å². The molecule has 106 valence electrons. The summed E-state index contributed by atoms with van der Waals surface area (Å²) in [7, 11) is -3.24. The third kappa shape index (κ3) is 3.54. The van der Waals surface area contributed by atoms with E-state index >= 15 is 0 Å². The molecule has 19 heavy (non-hydrogen) atoms.